The first kappa shape index (κ1) is 25.8. The van der Waals surface area contributed by atoms with Gasteiger partial charge in [-0.3, -0.25) is 14.4 Å². The number of Topliss-reactive ketones (excluding diaryl/α,β-unsaturated/α-hetero) is 1. The molecule has 1 aliphatic carbocycles. The predicted octanol–water partition coefficient (Wildman–Crippen LogP) is 5.12. The number of methoxy groups -OCH3 is 1. The van der Waals surface area contributed by atoms with Gasteiger partial charge in [-0.15, -0.1) is 0 Å². The van der Waals surface area contributed by atoms with Crippen LogP contribution in [-0.4, -0.2) is 35.6 Å². The van der Waals surface area contributed by atoms with Crippen LogP contribution in [0, 0.1) is 25.7 Å². The summed E-state index contributed by atoms with van der Waals surface area (Å²) in [6.07, 6.45) is 3.49. The highest BCUT2D eigenvalue weighted by Gasteiger charge is 2.57. The Morgan fingerprint density at radius 3 is 2.16 bits per heavy atom. The summed E-state index contributed by atoms with van der Waals surface area (Å²) in [6, 6.07) is 17.0. The third kappa shape index (κ3) is 4.51. The van der Waals surface area contributed by atoms with E-state index in [1.165, 1.54) is 0 Å². The Morgan fingerprint density at radius 2 is 1.61 bits per heavy atom. The van der Waals surface area contributed by atoms with Gasteiger partial charge in [-0.1, -0.05) is 55.3 Å². The van der Waals surface area contributed by atoms with Crippen molar-refractivity contribution in [1.82, 2.24) is 4.90 Å². The van der Waals surface area contributed by atoms with Crippen molar-refractivity contribution in [1.29, 1.82) is 0 Å². The standard InChI is InChI=1S/C31H34N2O5/c1-18-17-24(19(2)38-18)29(34)26-25(20-13-15-23(37-3)16-14-20)28(30(32)35)33(31(36)22-11-7-8-12-22)27(26)21-9-5-4-6-10-21/h4-6,9-10,13-17,22,25-28H,7-8,11-12H2,1-3H3,(H2,32,35). The number of likely N-dealkylation sites (tertiary alicyclic amines) is 1. The number of hydrogen-bond donors (Lipinski definition) is 1. The molecule has 1 saturated heterocycles. The van der Waals surface area contributed by atoms with Crippen LogP contribution >= 0.6 is 0 Å². The zero-order valence-electron chi connectivity index (χ0n) is 22.1. The topological polar surface area (TPSA) is 103 Å². The second-order valence-corrected chi connectivity index (χ2v) is 10.4. The summed E-state index contributed by atoms with van der Waals surface area (Å²) in [7, 11) is 1.58. The van der Waals surface area contributed by atoms with Crippen LogP contribution in [0.1, 0.15) is 70.6 Å². The van der Waals surface area contributed by atoms with Crippen LogP contribution in [0.25, 0.3) is 0 Å². The fourth-order valence-electron chi connectivity index (χ4n) is 6.48. The molecule has 7 nitrogen and oxygen atoms in total. The molecule has 2 heterocycles. The summed E-state index contributed by atoms with van der Waals surface area (Å²) >= 11 is 0. The Bertz CT molecular complexity index is 1320. The first-order valence-electron chi connectivity index (χ1n) is 13.2. The zero-order chi connectivity index (χ0) is 27.0. The summed E-state index contributed by atoms with van der Waals surface area (Å²) in [5.74, 6) is -0.656. The number of rotatable bonds is 7. The van der Waals surface area contributed by atoms with E-state index in [-0.39, 0.29) is 17.6 Å². The van der Waals surface area contributed by atoms with Gasteiger partial charge in [-0.05, 0) is 56.0 Å². The van der Waals surface area contributed by atoms with Gasteiger partial charge in [0.2, 0.25) is 11.8 Å². The van der Waals surface area contributed by atoms with E-state index in [0.29, 0.717) is 22.8 Å². The molecule has 1 aliphatic heterocycles. The lowest BCUT2D eigenvalue weighted by atomic mass is 9.76. The smallest absolute Gasteiger partial charge is 0.240 e. The van der Waals surface area contributed by atoms with Crippen molar-refractivity contribution in [3.8, 4) is 5.75 Å². The van der Waals surface area contributed by atoms with E-state index >= 15 is 0 Å². The minimum atomic E-state index is -0.982. The monoisotopic (exact) mass is 514 g/mol. The number of amides is 2. The molecule has 7 heteroatoms. The largest absolute Gasteiger partial charge is 0.497 e. The summed E-state index contributed by atoms with van der Waals surface area (Å²) in [6.45, 7) is 3.57. The number of nitrogens with two attached hydrogens (primary N) is 1. The molecule has 4 unspecified atom stereocenters. The number of primary amides is 1. The Morgan fingerprint density at radius 1 is 0.947 bits per heavy atom. The lowest BCUT2D eigenvalue weighted by molar-refractivity contribution is -0.143. The molecule has 2 N–H and O–H groups in total. The van der Waals surface area contributed by atoms with Gasteiger partial charge in [0.15, 0.2) is 5.78 Å². The molecule has 3 aromatic rings. The molecule has 198 valence electrons. The number of carbonyl (C=O) groups is 3. The fraction of sp³-hybridized carbons (Fsp3) is 0.387. The highest BCUT2D eigenvalue weighted by atomic mass is 16.5. The van der Waals surface area contributed by atoms with Gasteiger partial charge >= 0.3 is 0 Å². The van der Waals surface area contributed by atoms with Gasteiger partial charge < -0.3 is 19.8 Å². The molecule has 2 aromatic carbocycles. The van der Waals surface area contributed by atoms with Gasteiger partial charge in [0.25, 0.3) is 0 Å². The average Bonchev–Trinajstić information content (AvgIpc) is 3.66. The number of furan rings is 1. The maximum absolute atomic E-state index is 14.5. The van der Waals surface area contributed by atoms with Crippen molar-refractivity contribution in [3.63, 3.8) is 0 Å². The Kier molecular flexibility index (Phi) is 7.11. The van der Waals surface area contributed by atoms with Crippen molar-refractivity contribution >= 4 is 17.6 Å². The van der Waals surface area contributed by atoms with E-state index in [4.69, 9.17) is 14.9 Å². The molecule has 5 rings (SSSR count). The van der Waals surface area contributed by atoms with Crippen molar-refractivity contribution in [2.24, 2.45) is 17.6 Å². The molecule has 1 saturated carbocycles. The number of hydrogen-bond acceptors (Lipinski definition) is 5. The summed E-state index contributed by atoms with van der Waals surface area (Å²) in [4.78, 5) is 43.5. The molecular weight excluding hydrogens is 480 g/mol. The molecule has 2 fully saturated rings. The third-order valence-electron chi connectivity index (χ3n) is 8.17. The number of ketones is 1. The van der Waals surface area contributed by atoms with Crippen molar-refractivity contribution < 1.29 is 23.5 Å². The van der Waals surface area contributed by atoms with E-state index in [1.54, 1.807) is 44.1 Å². The van der Waals surface area contributed by atoms with Crippen LogP contribution in [0.4, 0.5) is 0 Å². The highest BCUT2D eigenvalue weighted by Crippen LogP contribution is 2.52. The van der Waals surface area contributed by atoms with Crippen LogP contribution in [0.2, 0.25) is 0 Å². The maximum atomic E-state index is 14.5. The van der Waals surface area contributed by atoms with Gasteiger partial charge in [0.05, 0.1) is 24.6 Å². The number of nitrogens with zero attached hydrogens (tertiary/aromatic N) is 1. The van der Waals surface area contributed by atoms with Gasteiger partial charge in [0.1, 0.15) is 23.3 Å². The normalized spacial score (nSPS) is 23.5. The number of benzene rings is 2. The number of ether oxygens (including phenoxy) is 1. The minimum Gasteiger partial charge on any atom is -0.497 e. The number of carbonyl (C=O) groups excluding carboxylic acids is 3. The van der Waals surface area contributed by atoms with E-state index < -0.39 is 29.8 Å². The van der Waals surface area contributed by atoms with Crippen LogP contribution in [0.3, 0.4) is 0 Å². The molecule has 2 amide bonds. The molecule has 1 aromatic heterocycles. The van der Waals surface area contributed by atoms with E-state index in [2.05, 4.69) is 0 Å². The quantitative estimate of drug-likeness (QED) is 0.441. The summed E-state index contributed by atoms with van der Waals surface area (Å²) < 4.78 is 11.1. The van der Waals surface area contributed by atoms with Crippen molar-refractivity contribution in [2.75, 3.05) is 7.11 Å². The first-order chi connectivity index (χ1) is 18.3. The lowest BCUT2D eigenvalue weighted by Gasteiger charge is -2.33. The SMILES string of the molecule is COc1ccc(C2C(C(=O)c3cc(C)oc3C)C(c3ccccc3)N(C(=O)C3CCCC3)C2C(N)=O)cc1. The van der Waals surface area contributed by atoms with Gasteiger partial charge in [-0.25, -0.2) is 0 Å². The van der Waals surface area contributed by atoms with Crippen LogP contribution < -0.4 is 10.5 Å². The second-order valence-electron chi connectivity index (χ2n) is 10.4. The van der Waals surface area contributed by atoms with Crippen molar-refractivity contribution in [3.05, 3.63) is 88.9 Å². The Hall–Kier alpha value is -3.87. The third-order valence-corrected chi connectivity index (χ3v) is 8.17. The minimum absolute atomic E-state index is 0.103. The predicted molar refractivity (Wildman–Crippen MR) is 143 cm³/mol. The Balaban J connectivity index is 1.74. The lowest BCUT2D eigenvalue weighted by Crippen LogP contribution is -2.48. The Labute approximate surface area is 223 Å². The molecule has 2 aliphatic rings. The summed E-state index contributed by atoms with van der Waals surface area (Å²) in [5.41, 5.74) is 8.12. The van der Waals surface area contributed by atoms with Crippen LogP contribution in [0.15, 0.2) is 65.1 Å². The van der Waals surface area contributed by atoms with Crippen LogP contribution in [0.5, 0.6) is 5.75 Å². The maximum Gasteiger partial charge on any atom is 0.240 e. The summed E-state index contributed by atoms with van der Waals surface area (Å²) in [5, 5.41) is 0. The second kappa shape index (κ2) is 10.5. The van der Waals surface area contributed by atoms with E-state index in [9.17, 15) is 14.4 Å². The number of aryl methyl sites for hydroxylation is 2. The molecule has 4 atom stereocenters. The molecular formula is C31H34N2O5. The molecule has 0 bridgehead atoms. The molecule has 0 radical (unpaired) electrons. The van der Waals surface area contributed by atoms with Gasteiger partial charge in [0, 0.05) is 11.8 Å². The van der Waals surface area contributed by atoms with Gasteiger partial charge in [-0.2, -0.15) is 0 Å². The first-order valence-corrected chi connectivity index (χ1v) is 13.2. The highest BCUT2D eigenvalue weighted by molar-refractivity contribution is 6.02. The molecule has 0 spiro atoms. The van der Waals surface area contributed by atoms with Crippen LogP contribution in [-0.2, 0) is 9.59 Å². The van der Waals surface area contributed by atoms with Crippen molar-refractivity contribution in [2.45, 2.75) is 57.5 Å². The molecule has 38 heavy (non-hydrogen) atoms. The average molecular weight is 515 g/mol. The van der Waals surface area contributed by atoms with E-state index in [0.717, 1.165) is 36.8 Å². The fourth-order valence-corrected chi connectivity index (χ4v) is 6.48. The van der Waals surface area contributed by atoms with E-state index in [1.807, 2.05) is 42.5 Å². The zero-order valence-corrected chi connectivity index (χ0v) is 22.1.